The summed E-state index contributed by atoms with van der Waals surface area (Å²) in [6, 6.07) is 17.9. The van der Waals surface area contributed by atoms with Gasteiger partial charge in [0.05, 0.1) is 27.2 Å². The monoisotopic (exact) mass is 421 g/mol. The molecule has 2 heterocycles. The van der Waals surface area contributed by atoms with Crippen molar-refractivity contribution in [2.75, 3.05) is 34.4 Å². The highest BCUT2D eigenvalue weighted by Gasteiger charge is 2.33. The van der Waals surface area contributed by atoms with Crippen molar-refractivity contribution in [1.82, 2.24) is 5.32 Å². The van der Waals surface area contributed by atoms with Crippen LogP contribution in [0.15, 0.2) is 59.0 Å². The normalized spacial score (nSPS) is 16.7. The quantitative estimate of drug-likeness (QED) is 0.603. The second-order valence-corrected chi connectivity index (χ2v) is 7.55. The molecule has 2 aromatic carbocycles. The molecule has 4 rings (SSSR count). The van der Waals surface area contributed by atoms with Crippen molar-refractivity contribution in [3.8, 4) is 11.5 Å². The van der Waals surface area contributed by atoms with Crippen molar-refractivity contribution in [2.24, 2.45) is 0 Å². The fourth-order valence-electron chi connectivity index (χ4n) is 4.37. The summed E-state index contributed by atoms with van der Waals surface area (Å²) in [6.45, 7) is 1.63. The van der Waals surface area contributed by atoms with Crippen LogP contribution in [0.25, 0.3) is 0 Å². The molecule has 31 heavy (non-hydrogen) atoms. The molecule has 0 saturated heterocycles. The highest BCUT2D eigenvalue weighted by molar-refractivity contribution is 5.86. The number of methoxy groups -OCH3 is 3. The first kappa shape index (κ1) is 21.0. The van der Waals surface area contributed by atoms with E-state index in [0.717, 1.165) is 36.6 Å². The van der Waals surface area contributed by atoms with Crippen molar-refractivity contribution in [2.45, 2.75) is 18.3 Å². The van der Waals surface area contributed by atoms with Crippen LogP contribution in [0, 0.1) is 0 Å². The fraction of sp³-hybridized carbons (Fsp3) is 0.320. The molecule has 0 radical (unpaired) electrons. The third-order valence-corrected chi connectivity index (χ3v) is 5.86. The van der Waals surface area contributed by atoms with Gasteiger partial charge in [0, 0.05) is 12.5 Å². The number of benzene rings is 2. The molecular formula is C25H27NO5. The molecule has 6 nitrogen and oxygen atoms in total. The third kappa shape index (κ3) is 4.16. The fourth-order valence-corrected chi connectivity index (χ4v) is 4.37. The second kappa shape index (κ2) is 9.27. The summed E-state index contributed by atoms with van der Waals surface area (Å²) in [5, 5.41) is 3.57. The summed E-state index contributed by atoms with van der Waals surface area (Å²) in [5.41, 5.74) is 3.52. The lowest BCUT2D eigenvalue weighted by molar-refractivity contribution is 0.0562. The summed E-state index contributed by atoms with van der Waals surface area (Å²) in [7, 11) is 4.66. The van der Waals surface area contributed by atoms with Gasteiger partial charge in [0.15, 0.2) is 11.5 Å². The van der Waals surface area contributed by atoms with Gasteiger partial charge < -0.3 is 23.9 Å². The van der Waals surface area contributed by atoms with Gasteiger partial charge in [-0.3, -0.25) is 0 Å². The minimum Gasteiger partial charge on any atom is -0.493 e. The number of hydrogen-bond acceptors (Lipinski definition) is 6. The van der Waals surface area contributed by atoms with Crippen molar-refractivity contribution in [3.05, 3.63) is 82.8 Å². The zero-order chi connectivity index (χ0) is 21.8. The summed E-state index contributed by atoms with van der Waals surface area (Å²) in [5.74, 6) is 1.84. The van der Waals surface area contributed by atoms with E-state index in [0.29, 0.717) is 5.75 Å². The highest BCUT2D eigenvalue weighted by Crippen LogP contribution is 2.44. The molecule has 1 N–H and O–H groups in total. The highest BCUT2D eigenvalue weighted by atomic mass is 16.5. The zero-order valence-corrected chi connectivity index (χ0v) is 18.0. The predicted molar refractivity (Wildman–Crippen MR) is 117 cm³/mol. The Labute approximate surface area is 182 Å². The lowest BCUT2D eigenvalue weighted by Crippen LogP contribution is -2.25. The maximum atomic E-state index is 12.0. The van der Waals surface area contributed by atoms with Crippen LogP contribution in [0.2, 0.25) is 0 Å². The number of rotatable bonds is 6. The topological polar surface area (TPSA) is 69.9 Å². The Bertz CT molecular complexity index is 1040. The number of hydrogen-bond donors (Lipinski definition) is 1. The summed E-state index contributed by atoms with van der Waals surface area (Å²) in [6.07, 6.45) is 0.888. The molecule has 0 saturated carbocycles. The number of carbonyl (C=O) groups excluding carboxylic acids is 1. The van der Waals surface area contributed by atoms with E-state index in [2.05, 4.69) is 29.6 Å². The standard InChI is InChI=1S/C25H27NO5/c1-28-22-13-17-11-12-26-15-19(18(17)14-23(22)29-2)24(16-7-5-4-6-8-16)20-9-10-21(31-20)25(27)30-3/h4-10,13-14,19,24,26H,11-12,15H2,1-3H3. The SMILES string of the molecule is COC(=O)c1ccc(C(c2ccccc2)C2CNCCc3cc(OC)c(OC)cc32)o1. The molecule has 1 aliphatic heterocycles. The van der Waals surface area contributed by atoms with Crippen LogP contribution in [-0.2, 0) is 11.2 Å². The van der Waals surface area contributed by atoms with Crippen molar-refractivity contribution < 1.29 is 23.4 Å². The number of furan rings is 1. The Balaban J connectivity index is 1.86. The van der Waals surface area contributed by atoms with Crippen LogP contribution in [0.4, 0.5) is 0 Å². The Hall–Kier alpha value is -3.25. The van der Waals surface area contributed by atoms with Crippen LogP contribution in [0.3, 0.4) is 0 Å². The Morgan fingerprint density at radius 1 is 1.03 bits per heavy atom. The summed E-state index contributed by atoms with van der Waals surface area (Å²) in [4.78, 5) is 12.0. The number of carbonyl (C=O) groups is 1. The zero-order valence-electron chi connectivity index (χ0n) is 18.0. The van der Waals surface area contributed by atoms with Gasteiger partial charge in [0.25, 0.3) is 0 Å². The molecule has 0 spiro atoms. The lowest BCUT2D eigenvalue weighted by atomic mass is 9.78. The van der Waals surface area contributed by atoms with Gasteiger partial charge in [-0.15, -0.1) is 0 Å². The van der Waals surface area contributed by atoms with E-state index in [-0.39, 0.29) is 17.6 Å². The first-order valence-corrected chi connectivity index (χ1v) is 10.3. The molecule has 162 valence electrons. The molecule has 0 amide bonds. The maximum Gasteiger partial charge on any atom is 0.373 e. The minimum absolute atomic E-state index is 0.0661. The van der Waals surface area contributed by atoms with E-state index >= 15 is 0 Å². The van der Waals surface area contributed by atoms with E-state index in [1.807, 2.05) is 24.3 Å². The lowest BCUT2D eigenvalue weighted by Gasteiger charge is -2.27. The van der Waals surface area contributed by atoms with E-state index < -0.39 is 5.97 Å². The minimum atomic E-state index is -0.483. The first-order chi connectivity index (χ1) is 15.2. The second-order valence-electron chi connectivity index (χ2n) is 7.55. The molecule has 3 aromatic rings. The van der Waals surface area contributed by atoms with Crippen LogP contribution < -0.4 is 14.8 Å². The first-order valence-electron chi connectivity index (χ1n) is 10.3. The van der Waals surface area contributed by atoms with Crippen LogP contribution in [-0.4, -0.2) is 40.4 Å². The average Bonchev–Trinajstić information content (AvgIpc) is 3.21. The molecule has 0 fully saturated rings. The van der Waals surface area contributed by atoms with Crippen LogP contribution >= 0.6 is 0 Å². The Kier molecular flexibility index (Phi) is 6.28. The van der Waals surface area contributed by atoms with E-state index in [1.54, 1.807) is 20.3 Å². The van der Waals surface area contributed by atoms with E-state index in [4.69, 9.17) is 18.6 Å². The van der Waals surface area contributed by atoms with Gasteiger partial charge in [-0.25, -0.2) is 4.79 Å². The van der Waals surface area contributed by atoms with E-state index in [1.165, 1.54) is 18.2 Å². The number of ether oxygens (including phenoxy) is 3. The van der Waals surface area contributed by atoms with Gasteiger partial charge in [-0.05, 0) is 53.9 Å². The third-order valence-electron chi connectivity index (χ3n) is 5.86. The van der Waals surface area contributed by atoms with Gasteiger partial charge in [-0.2, -0.15) is 0 Å². The molecule has 0 aliphatic carbocycles. The molecule has 0 bridgehead atoms. The largest absolute Gasteiger partial charge is 0.493 e. The maximum absolute atomic E-state index is 12.0. The Morgan fingerprint density at radius 2 is 1.77 bits per heavy atom. The van der Waals surface area contributed by atoms with Crippen molar-refractivity contribution >= 4 is 5.97 Å². The molecule has 6 heteroatoms. The van der Waals surface area contributed by atoms with Gasteiger partial charge >= 0.3 is 5.97 Å². The molecule has 1 aliphatic rings. The van der Waals surface area contributed by atoms with Crippen molar-refractivity contribution in [1.29, 1.82) is 0 Å². The summed E-state index contributed by atoms with van der Waals surface area (Å²) < 4.78 is 22.0. The van der Waals surface area contributed by atoms with Gasteiger partial charge in [-0.1, -0.05) is 30.3 Å². The molecule has 1 aromatic heterocycles. The molecular weight excluding hydrogens is 394 g/mol. The van der Waals surface area contributed by atoms with Crippen molar-refractivity contribution in [3.63, 3.8) is 0 Å². The van der Waals surface area contributed by atoms with Crippen LogP contribution in [0.5, 0.6) is 11.5 Å². The smallest absolute Gasteiger partial charge is 0.373 e. The number of nitrogens with one attached hydrogen (secondary N) is 1. The van der Waals surface area contributed by atoms with Crippen LogP contribution in [0.1, 0.15) is 44.8 Å². The van der Waals surface area contributed by atoms with Gasteiger partial charge in [0.2, 0.25) is 5.76 Å². The summed E-state index contributed by atoms with van der Waals surface area (Å²) >= 11 is 0. The Morgan fingerprint density at radius 3 is 2.48 bits per heavy atom. The molecule has 2 atom stereocenters. The van der Waals surface area contributed by atoms with E-state index in [9.17, 15) is 4.79 Å². The number of esters is 1. The molecule has 2 unspecified atom stereocenters. The predicted octanol–water partition coefficient (Wildman–Crippen LogP) is 4.14. The van der Waals surface area contributed by atoms with Gasteiger partial charge in [0.1, 0.15) is 5.76 Å². The number of fused-ring (bicyclic) bond motifs is 1. The average molecular weight is 421 g/mol.